The first kappa shape index (κ1) is 16.8. The Kier molecular flexibility index (Phi) is 6.43. The lowest BCUT2D eigenvalue weighted by molar-refractivity contribution is -0.132. The highest BCUT2D eigenvalue weighted by atomic mass is 32.1. The minimum absolute atomic E-state index is 0.157. The summed E-state index contributed by atoms with van der Waals surface area (Å²) < 4.78 is 16.7. The summed E-state index contributed by atoms with van der Waals surface area (Å²) in [6, 6.07) is 9.88. The quantitative estimate of drug-likeness (QED) is 0.726. The van der Waals surface area contributed by atoms with Crippen LogP contribution in [0.5, 0.6) is 0 Å². The first-order chi connectivity index (χ1) is 11.2. The summed E-state index contributed by atoms with van der Waals surface area (Å²) in [5, 5.41) is 7.08. The second-order valence-electron chi connectivity index (χ2n) is 4.68. The molecule has 3 rings (SSSR count). The summed E-state index contributed by atoms with van der Waals surface area (Å²) in [7, 11) is 0. The number of ether oxygens (including phenoxy) is 1. The fourth-order valence-electron chi connectivity index (χ4n) is 1.79. The standard InChI is InChI=1S/C10H11N3O2S.C6H5F/c1-7(15-6-14)2-8-3-9(13-12-8)10-4-11-5-16-10;7-6-4-2-1-3-5-6/h3-7H,2H2,1H3,(H,12,13);1-5H. The molecule has 7 heteroatoms. The van der Waals surface area contributed by atoms with Gasteiger partial charge in [-0.3, -0.25) is 14.9 Å². The molecule has 0 fully saturated rings. The number of rotatable bonds is 5. The van der Waals surface area contributed by atoms with Crippen molar-refractivity contribution in [2.24, 2.45) is 0 Å². The van der Waals surface area contributed by atoms with Crippen LogP contribution in [0.1, 0.15) is 12.6 Å². The van der Waals surface area contributed by atoms with Gasteiger partial charge in [0, 0.05) is 12.6 Å². The van der Waals surface area contributed by atoms with E-state index in [4.69, 9.17) is 4.74 Å². The minimum atomic E-state index is -0.178. The monoisotopic (exact) mass is 333 g/mol. The maximum absolute atomic E-state index is 11.9. The zero-order chi connectivity index (χ0) is 16.5. The minimum Gasteiger partial charge on any atom is -0.464 e. The van der Waals surface area contributed by atoms with Crippen LogP contribution in [0.15, 0.2) is 48.1 Å². The Morgan fingerprint density at radius 3 is 2.74 bits per heavy atom. The molecular formula is C16H16FN3O2S. The molecule has 0 radical (unpaired) electrons. The Morgan fingerprint density at radius 1 is 1.39 bits per heavy atom. The number of carbonyl (C=O) groups excluding carboxylic acids is 1. The number of thiazole rings is 1. The molecule has 0 bridgehead atoms. The van der Waals surface area contributed by atoms with Gasteiger partial charge in [0.15, 0.2) is 0 Å². The van der Waals surface area contributed by atoms with Crippen molar-refractivity contribution in [3.05, 3.63) is 59.6 Å². The van der Waals surface area contributed by atoms with Crippen LogP contribution in [0.2, 0.25) is 0 Å². The van der Waals surface area contributed by atoms with E-state index in [-0.39, 0.29) is 11.9 Å². The van der Waals surface area contributed by atoms with Crippen molar-refractivity contribution >= 4 is 17.8 Å². The largest absolute Gasteiger partial charge is 0.464 e. The number of nitrogens with zero attached hydrogens (tertiary/aromatic N) is 2. The summed E-state index contributed by atoms with van der Waals surface area (Å²) in [6.45, 7) is 2.29. The van der Waals surface area contributed by atoms with Gasteiger partial charge in [0.05, 0.1) is 21.8 Å². The molecule has 0 amide bonds. The second-order valence-corrected chi connectivity index (χ2v) is 5.57. The van der Waals surface area contributed by atoms with E-state index in [0.29, 0.717) is 12.9 Å². The van der Waals surface area contributed by atoms with Crippen LogP contribution in [0.3, 0.4) is 0 Å². The Labute approximate surface area is 137 Å². The highest BCUT2D eigenvalue weighted by Crippen LogP contribution is 2.21. The summed E-state index contributed by atoms with van der Waals surface area (Å²) >= 11 is 1.55. The van der Waals surface area contributed by atoms with E-state index in [0.717, 1.165) is 16.3 Å². The van der Waals surface area contributed by atoms with Gasteiger partial charge in [-0.2, -0.15) is 5.10 Å². The third kappa shape index (κ3) is 5.63. The smallest absolute Gasteiger partial charge is 0.293 e. The van der Waals surface area contributed by atoms with E-state index < -0.39 is 0 Å². The summed E-state index contributed by atoms with van der Waals surface area (Å²) in [6.07, 6.45) is 2.23. The number of benzene rings is 1. The van der Waals surface area contributed by atoms with Crippen LogP contribution in [0, 0.1) is 5.82 Å². The Morgan fingerprint density at radius 2 is 2.17 bits per heavy atom. The fourth-order valence-corrected chi connectivity index (χ4v) is 2.38. The van der Waals surface area contributed by atoms with Crippen LogP contribution in [0.25, 0.3) is 10.6 Å². The third-order valence-electron chi connectivity index (χ3n) is 2.85. The van der Waals surface area contributed by atoms with Gasteiger partial charge in [0.1, 0.15) is 11.9 Å². The van der Waals surface area contributed by atoms with E-state index in [1.807, 2.05) is 13.0 Å². The van der Waals surface area contributed by atoms with Crippen LogP contribution < -0.4 is 0 Å². The lowest BCUT2D eigenvalue weighted by atomic mass is 10.2. The number of H-pyrrole nitrogens is 1. The van der Waals surface area contributed by atoms with Gasteiger partial charge in [-0.25, -0.2) is 4.39 Å². The van der Waals surface area contributed by atoms with Crippen molar-refractivity contribution in [1.29, 1.82) is 0 Å². The predicted octanol–water partition coefficient (Wildman–Crippen LogP) is 3.46. The second kappa shape index (κ2) is 8.79. The zero-order valence-electron chi connectivity index (χ0n) is 12.5. The molecule has 23 heavy (non-hydrogen) atoms. The van der Waals surface area contributed by atoms with Crippen LogP contribution in [0.4, 0.5) is 4.39 Å². The Balaban J connectivity index is 0.000000229. The van der Waals surface area contributed by atoms with E-state index in [2.05, 4.69) is 15.2 Å². The van der Waals surface area contributed by atoms with Gasteiger partial charge in [-0.1, -0.05) is 18.2 Å². The zero-order valence-corrected chi connectivity index (χ0v) is 13.3. The van der Waals surface area contributed by atoms with Gasteiger partial charge in [-0.15, -0.1) is 11.3 Å². The molecular weight excluding hydrogens is 317 g/mol. The molecule has 0 aliphatic rings. The average Bonchev–Trinajstić information content (AvgIpc) is 3.20. The van der Waals surface area contributed by atoms with Crippen molar-refractivity contribution < 1.29 is 13.9 Å². The van der Waals surface area contributed by atoms with Crippen LogP contribution in [-0.2, 0) is 16.0 Å². The maximum Gasteiger partial charge on any atom is 0.293 e. The van der Waals surface area contributed by atoms with Gasteiger partial charge in [0.25, 0.3) is 6.47 Å². The van der Waals surface area contributed by atoms with Crippen LogP contribution >= 0.6 is 11.3 Å². The molecule has 1 atom stereocenters. The number of hydrogen-bond acceptors (Lipinski definition) is 5. The van der Waals surface area contributed by atoms with Gasteiger partial charge < -0.3 is 4.74 Å². The molecule has 1 N–H and O–H groups in total. The predicted molar refractivity (Wildman–Crippen MR) is 86.4 cm³/mol. The molecule has 0 saturated carbocycles. The van der Waals surface area contributed by atoms with Crippen LogP contribution in [-0.4, -0.2) is 27.8 Å². The van der Waals surface area contributed by atoms with Gasteiger partial charge in [-0.05, 0) is 25.1 Å². The highest BCUT2D eigenvalue weighted by molar-refractivity contribution is 7.13. The van der Waals surface area contributed by atoms with Crippen molar-refractivity contribution in [1.82, 2.24) is 15.2 Å². The van der Waals surface area contributed by atoms with E-state index in [9.17, 15) is 9.18 Å². The number of hydrogen-bond donors (Lipinski definition) is 1. The normalized spacial score (nSPS) is 11.2. The van der Waals surface area contributed by atoms with Crippen molar-refractivity contribution in [3.8, 4) is 10.6 Å². The van der Waals surface area contributed by atoms with E-state index >= 15 is 0 Å². The summed E-state index contributed by atoms with van der Waals surface area (Å²) in [5.74, 6) is -0.178. The number of carbonyl (C=O) groups is 1. The number of aromatic amines is 1. The highest BCUT2D eigenvalue weighted by Gasteiger charge is 2.09. The maximum atomic E-state index is 11.9. The van der Waals surface area contributed by atoms with Crippen molar-refractivity contribution in [3.63, 3.8) is 0 Å². The SMILES string of the molecule is CC(Cc1cc(-c2cncs2)[nH]n1)OC=O.Fc1ccccc1. The third-order valence-corrected chi connectivity index (χ3v) is 3.65. The van der Waals surface area contributed by atoms with Crippen molar-refractivity contribution in [2.45, 2.75) is 19.4 Å². The molecule has 1 aromatic carbocycles. The molecule has 0 saturated heterocycles. The van der Waals surface area contributed by atoms with E-state index in [1.165, 1.54) is 12.1 Å². The molecule has 0 aliphatic heterocycles. The average molecular weight is 333 g/mol. The van der Waals surface area contributed by atoms with Gasteiger partial charge in [0.2, 0.25) is 0 Å². The molecule has 5 nitrogen and oxygen atoms in total. The molecule has 0 spiro atoms. The lowest BCUT2D eigenvalue weighted by Crippen LogP contribution is -2.10. The summed E-state index contributed by atoms with van der Waals surface area (Å²) in [5.41, 5.74) is 3.59. The lowest BCUT2D eigenvalue weighted by Gasteiger charge is -2.05. The van der Waals surface area contributed by atoms with Gasteiger partial charge >= 0.3 is 0 Å². The Hall–Kier alpha value is -2.54. The molecule has 1 unspecified atom stereocenters. The Bertz CT molecular complexity index is 701. The molecule has 2 heterocycles. The number of halogens is 1. The molecule has 120 valence electrons. The molecule has 0 aliphatic carbocycles. The topological polar surface area (TPSA) is 67.9 Å². The van der Waals surface area contributed by atoms with Crippen molar-refractivity contribution in [2.75, 3.05) is 0 Å². The first-order valence-corrected chi connectivity index (χ1v) is 7.80. The van der Waals surface area contributed by atoms with E-state index in [1.54, 1.807) is 41.2 Å². The summed E-state index contributed by atoms with van der Waals surface area (Å²) in [4.78, 5) is 15.2. The molecule has 2 aromatic heterocycles. The molecule has 3 aromatic rings. The number of aromatic nitrogens is 3. The number of nitrogens with one attached hydrogen (secondary N) is 1. The first-order valence-electron chi connectivity index (χ1n) is 6.92. The fraction of sp³-hybridized carbons (Fsp3) is 0.188.